The zero-order chi connectivity index (χ0) is 17.7. The van der Waals surface area contributed by atoms with Crippen LogP contribution in [0.15, 0.2) is 34.9 Å². The summed E-state index contributed by atoms with van der Waals surface area (Å²) in [6.07, 6.45) is 3.58. The molecule has 126 valence electrons. The van der Waals surface area contributed by atoms with Crippen LogP contribution in [0, 0.1) is 11.8 Å². The van der Waals surface area contributed by atoms with E-state index in [2.05, 4.69) is 38.1 Å². The van der Waals surface area contributed by atoms with E-state index in [1.165, 1.54) is 11.8 Å². The molecule has 2 aromatic rings. The van der Waals surface area contributed by atoms with E-state index in [0.717, 1.165) is 15.4 Å². The first-order chi connectivity index (χ1) is 11.3. The highest BCUT2D eigenvalue weighted by Gasteiger charge is 2.25. The quantitative estimate of drug-likeness (QED) is 0.602. The molecular formula is C18H19BrN2O2S. The standard InChI is InChI=1S/C18H19BrN2O2S/c1-5-8-18(2,3)21-16(22)17(24-4)23-14-6-7-15-12(10-14)9-13(19)11-20-15/h6-7,9-11,17H,1-4H3,(H,21,22). The highest BCUT2D eigenvalue weighted by atomic mass is 79.9. The number of aromatic nitrogens is 1. The van der Waals surface area contributed by atoms with Gasteiger partial charge in [0.25, 0.3) is 5.91 Å². The molecule has 1 N–H and O–H groups in total. The van der Waals surface area contributed by atoms with Crippen molar-refractivity contribution in [3.63, 3.8) is 0 Å². The van der Waals surface area contributed by atoms with E-state index in [1.54, 1.807) is 13.1 Å². The van der Waals surface area contributed by atoms with Crippen LogP contribution in [0.4, 0.5) is 0 Å². The third-order valence-electron chi connectivity index (χ3n) is 3.16. The highest BCUT2D eigenvalue weighted by molar-refractivity contribution is 9.10. The molecule has 0 spiro atoms. The summed E-state index contributed by atoms with van der Waals surface area (Å²) in [5.41, 5.74) is -0.378. The SMILES string of the molecule is CC#CC(C)(C)NC(=O)C(Oc1ccc2ncc(Br)cc2c1)SC. The molecule has 1 unspecified atom stereocenters. The number of carbonyl (C=O) groups is 1. The molecule has 1 aromatic carbocycles. The fourth-order valence-electron chi connectivity index (χ4n) is 2.20. The first-order valence-corrected chi connectivity index (χ1v) is 9.43. The molecule has 1 atom stereocenters. The summed E-state index contributed by atoms with van der Waals surface area (Å²) in [5, 5.41) is 3.84. The number of nitrogens with zero attached hydrogens (tertiary/aromatic N) is 1. The number of pyridine rings is 1. The van der Waals surface area contributed by atoms with Gasteiger partial charge < -0.3 is 10.1 Å². The highest BCUT2D eigenvalue weighted by Crippen LogP contribution is 2.24. The molecule has 0 radical (unpaired) electrons. The summed E-state index contributed by atoms with van der Waals surface area (Å²) in [6.45, 7) is 5.47. The van der Waals surface area contributed by atoms with E-state index in [0.29, 0.717) is 5.75 Å². The monoisotopic (exact) mass is 406 g/mol. The Balaban J connectivity index is 2.17. The Hall–Kier alpha value is -1.71. The number of halogens is 1. The van der Waals surface area contributed by atoms with Crippen LogP contribution in [0.2, 0.25) is 0 Å². The molecule has 4 nitrogen and oxygen atoms in total. The van der Waals surface area contributed by atoms with E-state index in [-0.39, 0.29) is 5.91 Å². The van der Waals surface area contributed by atoms with Gasteiger partial charge >= 0.3 is 0 Å². The molecule has 1 heterocycles. The van der Waals surface area contributed by atoms with Crippen molar-refractivity contribution in [2.45, 2.75) is 31.7 Å². The predicted octanol–water partition coefficient (Wildman–Crippen LogP) is 3.98. The number of nitrogens with one attached hydrogen (secondary N) is 1. The number of ether oxygens (including phenoxy) is 1. The number of hydrogen-bond acceptors (Lipinski definition) is 4. The van der Waals surface area contributed by atoms with Gasteiger partial charge in [-0.25, -0.2) is 0 Å². The van der Waals surface area contributed by atoms with E-state index in [4.69, 9.17) is 4.74 Å². The van der Waals surface area contributed by atoms with Crippen molar-refractivity contribution >= 4 is 44.5 Å². The molecule has 1 aromatic heterocycles. The maximum absolute atomic E-state index is 12.4. The molecule has 1 amide bonds. The molecule has 24 heavy (non-hydrogen) atoms. The molecular weight excluding hydrogens is 388 g/mol. The topological polar surface area (TPSA) is 51.2 Å². The van der Waals surface area contributed by atoms with Crippen molar-refractivity contribution in [2.75, 3.05) is 6.26 Å². The normalized spacial score (nSPS) is 12.2. The van der Waals surface area contributed by atoms with Gasteiger partial charge in [0.15, 0.2) is 0 Å². The van der Waals surface area contributed by atoms with Gasteiger partial charge in [-0.3, -0.25) is 9.78 Å². The average Bonchev–Trinajstić information content (AvgIpc) is 2.51. The van der Waals surface area contributed by atoms with Crippen LogP contribution in [0.3, 0.4) is 0 Å². The van der Waals surface area contributed by atoms with Crippen molar-refractivity contribution < 1.29 is 9.53 Å². The van der Waals surface area contributed by atoms with Gasteiger partial charge in [0, 0.05) is 16.1 Å². The van der Waals surface area contributed by atoms with E-state index < -0.39 is 11.0 Å². The van der Waals surface area contributed by atoms with Gasteiger partial charge in [0.05, 0.1) is 11.1 Å². The molecule has 0 saturated heterocycles. The van der Waals surface area contributed by atoms with E-state index >= 15 is 0 Å². The summed E-state index contributed by atoms with van der Waals surface area (Å²) in [4.78, 5) is 16.8. The van der Waals surface area contributed by atoms with Crippen molar-refractivity contribution in [3.05, 3.63) is 34.9 Å². The maximum atomic E-state index is 12.4. The van der Waals surface area contributed by atoms with E-state index in [9.17, 15) is 4.79 Å². The Morgan fingerprint density at radius 2 is 2.17 bits per heavy atom. The molecule has 6 heteroatoms. The third-order valence-corrected chi connectivity index (χ3v) is 4.34. The summed E-state index contributed by atoms with van der Waals surface area (Å²) < 4.78 is 6.75. The number of hydrogen-bond donors (Lipinski definition) is 1. The summed E-state index contributed by atoms with van der Waals surface area (Å²) >= 11 is 4.74. The maximum Gasteiger partial charge on any atom is 0.272 e. The molecule has 2 rings (SSSR count). The smallest absolute Gasteiger partial charge is 0.272 e. The lowest BCUT2D eigenvalue weighted by atomic mass is 10.1. The summed E-state index contributed by atoms with van der Waals surface area (Å²) in [5.74, 6) is 6.20. The Kier molecular flexibility index (Phi) is 6.14. The Labute approximate surface area is 154 Å². The average molecular weight is 407 g/mol. The van der Waals surface area contributed by atoms with Crippen molar-refractivity contribution in [3.8, 4) is 17.6 Å². The van der Waals surface area contributed by atoms with Gasteiger partial charge in [-0.2, -0.15) is 0 Å². The second kappa shape index (κ2) is 7.91. The molecule has 0 bridgehead atoms. The van der Waals surface area contributed by atoms with E-state index in [1.807, 2.05) is 44.4 Å². The molecule has 0 aliphatic heterocycles. The van der Waals surface area contributed by atoms with Crippen LogP contribution in [0.25, 0.3) is 10.9 Å². The fraction of sp³-hybridized carbons (Fsp3) is 0.333. The van der Waals surface area contributed by atoms with Crippen LogP contribution in [-0.4, -0.2) is 28.1 Å². The van der Waals surface area contributed by atoms with Crippen molar-refractivity contribution in [2.24, 2.45) is 0 Å². The number of thioether (sulfide) groups is 1. The zero-order valence-corrected chi connectivity index (χ0v) is 16.4. The second-order valence-electron chi connectivity index (χ2n) is 5.68. The first kappa shape index (κ1) is 18.6. The number of carbonyl (C=O) groups excluding carboxylic acids is 1. The minimum Gasteiger partial charge on any atom is -0.470 e. The van der Waals surface area contributed by atoms with Crippen LogP contribution in [0.5, 0.6) is 5.75 Å². The van der Waals surface area contributed by atoms with Gasteiger partial charge in [-0.1, -0.05) is 5.92 Å². The second-order valence-corrected chi connectivity index (χ2v) is 7.50. The molecule has 0 aliphatic carbocycles. The minimum atomic E-state index is -0.652. The number of rotatable bonds is 5. The van der Waals surface area contributed by atoms with Gasteiger partial charge in [-0.15, -0.1) is 17.7 Å². The molecule has 0 saturated carbocycles. The van der Waals surface area contributed by atoms with Crippen molar-refractivity contribution in [1.29, 1.82) is 0 Å². The largest absolute Gasteiger partial charge is 0.470 e. The van der Waals surface area contributed by atoms with Crippen LogP contribution >= 0.6 is 27.7 Å². The van der Waals surface area contributed by atoms with Gasteiger partial charge in [0.2, 0.25) is 5.44 Å². The molecule has 0 aliphatic rings. The minimum absolute atomic E-state index is 0.206. The van der Waals surface area contributed by atoms with Gasteiger partial charge in [0.1, 0.15) is 5.75 Å². The lowest BCUT2D eigenvalue weighted by molar-refractivity contribution is -0.125. The van der Waals surface area contributed by atoms with Crippen molar-refractivity contribution in [1.82, 2.24) is 10.3 Å². The zero-order valence-electron chi connectivity index (χ0n) is 14.0. The Morgan fingerprint density at radius 1 is 1.42 bits per heavy atom. The lowest BCUT2D eigenvalue weighted by Gasteiger charge is -2.24. The van der Waals surface area contributed by atoms with Crippen LogP contribution < -0.4 is 10.1 Å². The first-order valence-electron chi connectivity index (χ1n) is 7.35. The number of fused-ring (bicyclic) bond motifs is 1. The lowest BCUT2D eigenvalue weighted by Crippen LogP contribution is -2.47. The van der Waals surface area contributed by atoms with Crippen LogP contribution in [-0.2, 0) is 4.79 Å². The number of benzene rings is 1. The van der Waals surface area contributed by atoms with Crippen LogP contribution in [0.1, 0.15) is 20.8 Å². The summed E-state index contributed by atoms with van der Waals surface area (Å²) in [6, 6.07) is 7.53. The Bertz CT molecular complexity index is 812. The van der Waals surface area contributed by atoms with Gasteiger partial charge in [-0.05, 0) is 67.2 Å². The fourth-order valence-corrected chi connectivity index (χ4v) is 3.03. The summed E-state index contributed by atoms with van der Waals surface area (Å²) in [7, 11) is 0. The number of amides is 1. The molecule has 0 fully saturated rings. The third kappa shape index (κ3) is 4.89. The Morgan fingerprint density at radius 3 is 2.83 bits per heavy atom. The predicted molar refractivity (Wildman–Crippen MR) is 103 cm³/mol.